The van der Waals surface area contributed by atoms with Crippen LogP contribution >= 0.6 is 0 Å². The van der Waals surface area contributed by atoms with Gasteiger partial charge in [-0.25, -0.2) is 0 Å². The van der Waals surface area contributed by atoms with Gasteiger partial charge in [0, 0.05) is 12.0 Å². The van der Waals surface area contributed by atoms with Crippen molar-refractivity contribution in [3.8, 4) is 0 Å². The minimum atomic E-state index is -4.47. The monoisotopic (exact) mass is 356 g/mol. The number of nitrogens with zero attached hydrogens (tertiary/aromatic N) is 1. The minimum absolute atomic E-state index is 0.0507. The molecule has 1 atom stereocenters. The lowest BCUT2D eigenvalue weighted by Crippen LogP contribution is -2.51. The van der Waals surface area contributed by atoms with E-state index in [0.717, 1.165) is 36.3 Å². The van der Waals surface area contributed by atoms with Gasteiger partial charge in [0.1, 0.15) is 0 Å². The van der Waals surface area contributed by atoms with Gasteiger partial charge in [-0.15, -0.1) is 0 Å². The third-order valence-electron chi connectivity index (χ3n) is 4.67. The quantitative estimate of drug-likeness (QED) is 0.703. The Balaban J connectivity index is 2.18. The second-order valence-electron chi connectivity index (χ2n) is 7.39. The number of rotatable bonds is 7. The van der Waals surface area contributed by atoms with Crippen LogP contribution in [0.25, 0.3) is 0 Å². The topological polar surface area (TPSA) is 32.3 Å². The standard InChI is InChI=1S/C19H27F3N2O/c1-4-5-6-7-8-14-9-11-15(12-10-14)17(19(20,21)22)24-18(2,3)13-16(25)23-24/h9-12,17H,4-8,13H2,1-3H3,(H,23,25). The van der Waals surface area contributed by atoms with Crippen molar-refractivity contribution in [3.63, 3.8) is 0 Å². The fourth-order valence-corrected chi connectivity index (χ4v) is 3.32. The molecule has 1 aliphatic heterocycles. The van der Waals surface area contributed by atoms with E-state index in [2.05, 4.69) is 12.3 Å². The molecule has 0 spiro atoms. The molecule has 0 radical (unpaired) electrons. The maximum absolute atomic E-state index is 13.7. The number of nitrogens with one attached hydrogen (secondary N) is 1. The summed E-state index contributed by atoms with van der Waals surface area (Å²) >= 11 is 0. The summed E-state index contributed by atoms with van der Waals surface area (Å²) in [5.74, 6) is -0.383. The molecule has 2 rings (SSSR count). The zero-order chi connectivity index (χ0) is 18.7. The van der Waals surface area contributed by atoms with Gasteiger partial charge in [0.15, 0.2) is 6.04 Å². The zero-order valence-corrected chi connectivity index (χ0v) is 15.1. The van der Waals surface area contributed by atoms with Crippen molar-refractivity contribution < 1.29 is 18.0 Å². The maximum atomic E-state index is 13.7. The second-order valence-corrected chi connectivity index (χ2v) is 7.39. The predicted molar refractivity (Wildman–Crippen MR) is 91.8 cm³/mol. The van der Waals surface area contributed by atoms with Gasteiger partial charge >= 0.3 is 6.18 Å². The van der Waals surface area contributed by atoms with Gasteiger partial charge in [0.25, 0.3) is 0 Å². The largest absolute Gasteiger partial charge is 0.409 e. The molecule has 3 nitrogen and oxygen atoms in total. The number of hydrogen-bond donors (Lipinski definition) is 1. The van der Waals surface area contributed by atoms with Crippen LogP contribution in [-0.4, -0.2) is 22.6 Å². The van der Waals surface area contributed by atoms with E-state index in [1.54, 1.807) is 26.0 Å². The summed E-state index contributed by atoms with van der Waals surface area (Å²) in [6, 6.07) is 4.76. The van der Waals surface area contributed by atoms with Gasteiger partial charge in [-0.05, 0) is 37.8 Å². The Bertz CT molecular complexity index is 581. The molecule has 25 heavy (non-hydrogen) atoms. The van der Waals surface area contributed by atoms with E-state index in [-0.39, 0.29) is 17.9 Å². The molecule has 0 aliphatic carbocycles. The third kappa shape index (κ3) is 4.97. The minimum Gasteiger partial charge on any atom is -0.287 e. The average Bonchev–Trinajstić information content (AvgIpc) is 2.76. The Morgan fingerprint density at radius 2 is 1.80 bits per heavy atom. The van der Waals surface area contributed by atoms with Crippen LogP contribution in [0.15, 0.2) is 24.3 Å². The van der Waals surface area contributed by atoms with E-state index in [9.17, 15) is 18.0 Å². The summed E-state index contributed by atoms with van der Waals surface area (Å²) in [5.41, 5.74) is 2.69. The Labute approximate surface area is 147 Å². The first kappa shape index (κ1) is 19.8. The van der Waals surface area contributed by atoms with Crippen LogP contribution < -0.4 is 5.43 Å². The van der Waals surface area contributed by atoms with Crippen molar-refractivity contribution in [2.75, 3.05) is 0 Å². The smallest absolute Gasteiger partial charge is 0.287 e. The van der Waals surface area contributed by atoms with E-state index in [4.69, 9.17) is 0 Å². The first-order valence-corrected chi connectivity index (χ1v) is 8.89. The van der Waals surface area contributed by atoms with Crippen molar-refractivity contribution >= 4 is 5.91 Å². The number of halogens is 3. The van der Waals surface area contributed by atoms with Crippen molar-refractivity contribution in [2.45, 2.75) is 77.1 Å². The fourth-order valence-electron chi connectivity index (χ4n) is 3.32. The highest BCUT2D eigenvalue weighted by Gasteiger charge is 2.52. The number of benzene rings is 1. The molecule has 1 N–H and O–H groups in total. The molecule has 1 fully saturated rings. The van der Waals surface area contributed by atoms with Crippen molar-refractivity contribution in [1.82, 2.24) is 10.4 Å². The van der Waals surface area contributed by atoms with Gasteiger partial charge in [0.05, 0.1) is 0 Å². The molecular formula is C19H27F3N2O. The summed E-state index contributed by atoms with van der Waals surface area (Å²) in [5, 5.41) is 1.05. The van der Waals surface area contributed by atoms with Crippen LogP contribution in [0, 0.1) is 0 Å². The Hall–Kier alpha value is -1.56. The first-order chi connectivity index (χ1) is 11.6. The summed E-state index contributed by atoms with van der Waals surface area (Å²) < 4.78 is 41.2. The molecule has 1 heterocycles. The maximum Gasteiger partial charge on any atom is 0.409 e. The van der Waals surface area contributed by atoms with Crippen LogP contribution in [0.2, 0.25) is 0 Å². The number of aryl methyl sites for hydroxylation is 1. The lowest BCUT2D eigenvalue weighted by Gasteiger charge is -2.38. The molecule has 1 aliphatic rings. The van der Waals surface area contributed by atoms with Crippen molar-refractivity contribution in [3.05, 3.63) is 35.4 Å². The average molecular weight is 356 g/mol. The molecule has 1 amide bonds. The summed E-state index contributed by atoms with van der Waals surface area (Å²) in [6.07, 6.45) is 0.972. The van der Waals surface area contributed by atoms with Crippen molar-refractivity contribution in [1.29, 1.82) is 0 Å². The molecule has 1 aromatic carbocycles. The van der Waals surface area contributed by atoms with Gasteiger partial charge in [0.2, 0.25) is 5.91 Å². The van der Waals surface area contributed by atoms with E-state index in [1.165, 1.54) is 18.6 Å². The Morgan fingerprint density at radius 1 is 1.16 bits per heavy atom. The van der Waals surface area contributed by atoms with Crippen LogP contribution in [0.5, 0.6) is 0 Å². The molecule has 0 aromatic heterocycles. The van der Waals surface area contributed by atoms with E-state index in [1.807, 2.05) is 0 Å². The fraction of sp³-hybridized carbons (Fsp3) is 0.632. The highest BCUT2D eigenvalue weighted by atomic mass is 19.4. The molecule has 140 valence electrons. The van der Waals surface area contributed by atoms with Crippen LogP contribution in [0.3, 0.4) is 0 Å². The number of carbonyl (C=O) groups excluding carboxylic acids is 1. The predicted octanol–water partition coefficient (Wildman–Crippen LogP) is 4.93. The third-order valence-corrected chi connectivity index (χ3v) is 4.67. The van der Waals surface area contributed by atoms with Gasteiger partial charge < -0.3 is 0 Å². The van der Waals surface area contributed by atoms with Crippen molar-refractivity contribution in [2.24, 2.45) is 0 Å². The number of amides is 1. The molecule has 1 aromatic rings. The van der Waals surface area contributed by atoms with E-state index in [0.29, 0.717) is 0 Å². The Morgan fingerprint density at radius 3 is 2.28 bits per heavy atom. The molecule has 1 saturated heterocycles. The number of carbonyl (C=O) groups is 1. The number of hydrogen-bond acceptors (Lipinski definition) is 2. The number of unbranched alkanes of at least 4 members (excludes halogenated alkanes) is 3. The Kier molecular flexibility index (Phi) is 6.14. The summed E-state index contributed by atoms with van der Waals surface area (Å²) in [6.45, 7) is 5.43. The van der Waals surface area contributed by atoms with Gasteiger partial charge in [-0.1, -0.05) is 50.5 Å². The summed E-state index contributed by atoms with van der Waals surface area (Å²) in [4.78, 5) is 11.6. The second kappa shape index (κ2) is 7.77. The lowest BCUT2D eigenvalue weighted by atomic mass is 9.96. The normalized spacial score (nSPS) is 19.0. The number of hydrazine groups is 1. The van der Waals surface area contributed by atoms with Gasteiger partial charge in [-0.3, -0.25) is 10.2 Å². The van der Waals surface area contributed by atoms with E-state index < -0.39 is 17.8 Å². The SMILES string of the molecule is CCCCCCc1ccc(C(N2NC(=O)CC2(C)C)C(F)(F)F)cc1. The molecule has 0 saturated carbocycles. The van der Waals surface area contributed by atoms with E-state index >= 15 is 0 Å². The zero-order valence-electron chi connectivity index (χ0n) is 15.1. The molecule has 1 unspecified atom stereocenters. The first-order valence-electron chi connectivity index (χ1n) is 8.89. The summed E-state index contributed by atoms with van der Waals surface area (Å²) in [7, 11) is 0. The molecule has 6 heteroatoms. The molecule has 0 bridgehead atoms. The lowest BCUT2D eigenvalue weighted by molar-refractivity contribution is -0.203. The molecular weight excluding hydrogens is 329 g/mol. The van der Waals surface area contributed by atoms with Crippen LogP contribution in [0.1, 0.15) is 70.0 Å². The highest BCUT2D eigenvalue weighted by molar-refractivity contribution is 5.79. The number of alkyl halides is 3. The van der Waals surface area contributed by atoms with Crippen LogP contribution in [0.4, 0.5) is 13.2 Å². The highest BCUT2D eigenvalue weighted by Crippen LogP contribution is 2.42. The van der Waals surface area contributed by atoms with Crippen LogP contribution in [-0.2, 0) is 11.2 Å². The van der Waals surface area contributed by atoms with Gasteiger partial charge in [-0.2, -0.15) is 18.2 Å².